The van der Waals surface area contributed by atoms with E-state index in [4.69, 9.17) is 9.47 Å². The summed E-state index contributed by atoms with van der Waals surface area (Å²) in [4.78, 5) is 60.7. The van der Waals surface area contributed by atoms with E-state index in [2.05, 4.69) is 10.6 Å². The summed E-state index contributed by atoms with van der Waals surface area (Å²) in [6.07, 6.45) is -0.879. The van der Waals surface area contributed by atoms with E-state index in [1.54, 1.807) is 41.5 Å². The molecule has 0 heterocycles. The van der Waals surface area contributed by atoms with Gasteiger partial charge in [-0.1, -0.05) is 11.8 Å². The lowest BCUT2D eigenvalue weighted by Gasteiger charge is -2.32. The van der Waals surface area contributed by atoms with E-state index in [1.807, 2.05) is 0 Å². The van der Waals surface area contributed by atoms with Crippen molar-refractivity contribution in [1.82, 2.24) is 10.6 Å². The predicted octanol–water partition coefficient (Wildman–Crippen LogP) is 1.96. The third-order valence-electron chi connectivity index (χ3n) is 3.17. The van der Waals surface area contributed by atoms with Gasteiger partial charge >= 0.3 is 12.1 Å². The number of Topliss-reactive ketones (excluding diaryl/α,β-unsaturated/α-hetero) is 1. The van der Waals surface area contributed by atoms with Crippen molar-refractivity contribution in [3.63, 3.8) is 0 Å². The molecule has 2 atom stereocenters. The van der Waals surface area contributed by atoms with Crippen molar-refractivity contribution < 1.29 is 33.4 Å². The first-order valence-electron chi connectivity index (χ1n) is 9.05. The van der Waals surface area contributed by atoms with Crippen LogP contribution in [0.15, 0.2) is 0 Å². The van der Waals surface area contributed by atoms with Gasteiger partial charge in [0.15, 0.2) is 16.9 Å². The number of carbonyl (C=O) groups is 5. The average molecular weight is 433 g/mol. The van der Waals surface area contributed by atoms with Crippen LogP contribution in [0.4, 0.5) is 4.79 Å². The topological polar surface area (TPSA) is 128 Å². The number of rotatable bonds is 7. The Hall–Kier alpha value is -2.10. The maximum atomic E-state index is 12.9. The van der Waals surface area contributed by atoms with Crippen molar-refractivity contribution in [2.24, 2.45) is 0 Å². The highest BCUT2D eigenvalue weighted by Gasteiger charge is 2.40. The number of alkyl carbamates (subject to hydrolysis) is 1. The van der Waals surface area contributed by atoms with Gasteiger partial charge < -0.3 is 20.1 Å². The third kappa shape index (κ3) is 10.9. The Kier molecular flexibility index (Phi) is 9.36. The zero-order valence-electron chi connectivity index (χ0n) is 18.6. The molecule has 0 bridgehead atoms. The number of hydrogen-bond acceptors (Lipinski definition) is 8. The molecule has 0 aliphatic carbocycles. The molecule has 29 heavy (non-hydrogen) atoms. The van der Waals surface area contributed by atoms with Gasteiger partial charge in [-0.25, -0.2) is 9.59 Å². The van der Waals surface area contributed by atoms with Gasteiger partial charge in [0.25, 0.3) is 0 Å². The second kappa shape index (κ2) is 10.1. The molecule has 2 N–H and O–H groups in total. The number of esters is 1. The first-order valence-corrected chi connectivity index (χ1v) is 10.0. The van der Waals surface area contributed by atoms with Gasteiger partial charge in [-0.3, -0.25) is 14.4 Å². The highest BCUT2D eigenvalue weighted by Crippen LogP contribution is 2.17. The summed E-state index contributed by atoms with van der Waals surface area (Å²) in [6.45, 7) is 13.7. The van der Waals surface area contributed by atoms with Crippen LogP contribution in [-0.4, -0.2) is 57.4 Å². The van der Waals surface area contributed by atoms with Gasteiger partial charge in [-0.2, -0.15) is 0 Å². The summed E-state index contributed by atoms with van der Waals surface area (Å²) in [6, 6.07) is -1.55. The highest BCUT2D eigenvalue weighted by molar-refractivity contribution is 8.13. The Bertz CT molecular complexity index is 664. The first-order chi connectivity index (χ1) is 12.9. The molecular formula is C19H32N2O7S. The Morgan fingerprint density at radius 3 is 1.72 bits per heavy atom. The van der Waals surface area contributed by atoms with E-state index >= 15 is 0 Å². The molecule has 166 valence electrons. The van der Waals surface area contributed by atoms with E-state index in [0.717, 1.165) is 18.7 Å². The maximum absolute atomic E-state index is 12.9. The molecule has 2 amide bonds. The molecule has 0 rings (SSSR count). The normalized spacial score (nSPS) is 14.8. The van der Waals surface area contributed by atoms with Gasteiger partial charge in [0.2, 0.25) is 5.91 Å². The standard InChI is InChI=1S/C19H32N2O7S/c1-11(22)13(14(24)27-17(3,4)5)20-15(25)19(9,10-29-12(2)23)21-16(26)28-18(6,7)8/h13H,10H2,1-9H3,(H,20,25)(H,21,26)/t13?,19-/m0/s1. The predicted molar refractivity (Wildman–Crippen MR) is 109 cm³/mol. The van der Waals surface area contributed by atoms with E-state index in [1.165, 1.54) is 13.8 Å². The molecule has 10 heteroatoms. The van der Waals surface area contributed by atoms with Crippen LogP contribution in [0.5, 0.6) is 0 Å². The number of ketones is 1. The van der Waals surface area contributed by atoms with E-state index in [0.29, 0.717) is 0 Å². The van der Waals surface area contributed by atoms with Crippen molar-refractivity contribution in [3.05, 3.63) is 0 Å². The summed E-state index contributed by atoms with van der Waals surface area (Å²) in [5, 5.41) is 4.47. The lowest BCUT2D eigenvalue weighted by molar-refractivity contribution is -0.160. The largest absolute Gasteiger partial charge is 0.458 e. The van der Waals surface area contributed by atoms with Gasteiger partial charge in [-0.15, -0.1) is 0 Å². The fourth-order valence-corrected chi connectivity index (χ4v) is 2.61. The van der Waals surface area contributed by atoms with Gasteiger partial charge in [0.1, 0.15) is 16.7 Å². The van der Waals surface area contributed by atoms with E-state index < -0.39 is 46.5 Å². The summed E-state index contributed by atoms with van der Waals surface area (Å²) in [5.74, 6) is -2.52. The molecular weight excluding hydrogens is 400 g/mol. The lowest BCUT2D eigenvalue weighted by atomic mass is 10.0. The number of hydrogen-bond donors (Lipinski definition) is 2. The monoisotopic (exact) mass is 432 g/mol. The fraction of sp³-hybridized carbons (Fsp3) is 0.737. The molecule has 0 radical (unpaired) electrons. The SMILES string of the molecule is CC(=O)SC[C@](C)(NC(=O)OC(C)(C)C)C(=O)NC(C(C)=O)C(=O)OC(C)(C)C. The number of amides is 2. The number of ether oxygens (including phenoxy) is 2. The molecule has 0 aliphatic heterocycles. The number of thioether (sulfide) groups is 1. The van der Waals surface area contributed by atoms with Crippen molar-refractivity contribution in [2.45, 2.75) is 85.1 Å². The minimum absolute atomic E-state index is 0.133. The van der Waals surface area contributed by atoms with Crippen LogP contribution in [-0.2, 0) is 28.7 Å². The number of carbonyl (C=O) groups excluding carboxylic acids is 5. The van der Waals surface area contributed by atoms with Crippen LogP contribution in [0.2, 0.25) is 0 Å². The average Bonchev–Trinajstić information content (AvgIpc) is 2.45. The van der Waals surface area contributed by atoms with Crippen molar-refractivity contribution in [3.8, 4) is 0 Å². The Morgan fingerprint density at radius 2 is 1.34 bits per heavy atom. The second-order valence-corrected chi connectivity index (χ2v) is 9.94. The molecule has 0 aromatic carbocycles. The quantitative estimate of drug-likeness (QED) is 0.462. The van der Waals surface area contributed by atoms with Gasteiger partial charge in [0, 0.05) is 12.7 Å². The molecule has 0 fully saturated rings. The minimum atomic E-state index is -1.63. The maximum Gasteiger partial charge on any atom is 0.408 e. The lowest BCUT2D eigenvalue weighted by Crippen LogP contribution is -2.62. The summed E-state index contributed by atoms with van der Waals surface area (Å²) >= 11 is 0.809. The van der Waals surface area contributed by atoms with E-state index in [9.17, 15) is 24.0 Å². The van der Waals surface area contributed by atoms with Gasteiger partial charge in [-0.05, 0) is 55.4 Å². The van der Waals surface area contributed by atoms with Crippen LogP contribution in [0.1, 0.15) is 62.3 Å². The zero-order chi connectivity index (χ0) is 23.2. The summed E-state index contributed by atoms with van der Waals surface area (Å²) < 4.78 is 10.3. The fourth-order valence-electron chi connectivity index (χ4n) is 1.91. The first kappa shape index (κ1) is 26.9. The van der Waals surface area contributed by atoms with E-state index in [-0.39, 0.29) is 10.9 Å². The Balaban J connectivity index is 5.60. The van der Waals surface area contributed by atoms with Crippen LogP contribution in [0.25, 0.3) is 0 Å². The molecule has 0 saturated carbocycles. The molecule has 0 aromatic heterocycles. The Morgan fingerprint density at radius 1 is 0.862 bits per heavy atom. The Labute approximate surface area is 176 Å². The van der Waals surface area contributed by atoms with Crippen LogP contribution >= 0.6 is 11.8 Å². The minimum Gasteiger partial charge on any atom is -0.458 e. The molecule has 0 aliphatic rings. The third-order valence-corrected chi connectivity index (χ3v) is 4.29. The molecule has 0 aromatic rings. The molecule has 1 unspecified atom stereocenters. The molecule has 9 nitrogen and oxygen atoms in total. The molecule has 0 spiro atoms. The summed E-state index contributed by atoms with van der Waals surface area (Å²) in [7, 11) is 0. The summed E-state index contributed by atoms with van der Waals surface area (Å²) in [5.41, 5.74) is -3.31. The highest BCUT2D eigenvalue weighted by atomic mass is 32.2. The van der Waals surface area contributed by atoms with Crippen molar-refractivity contribution in [1.29, 1.82) is 0 Å². The second-order valence-electron chi connectivity index (χ2n) is 8.79. The zero-order valence-corrected chi connectivity index (χ0v) is 19.4. The van der Waals surface area contributed by atoms with Crippen LogP contribution in [0.3, 0.4) is 0 Å². The van der Waals surface area contributed by atoms with Crippen molar-refractivity contribution in [2.75, 3.05) is 5.75 Å². The van der Waals surface area contributed by atoms with Crippen LogP contribution < -0.4 is 10.6 Å². The smallest absolute Gasteiger partial charge is 0.408 e. The number of nitrogens with one attached hydrogen (secondary N) is 2. The van der Waals surface area contributed by atoms with Gasteiger partial charge in [0.05, 0.1) is 0 Å². The van der Waals surface area contributed by atoms with Crippen molar-refractivity contribution >= 4 is 40.6 Å². The molecule has 0 saturated heterocycles. The van der Waals surface area contributed by atoms with Crippen LogP contribution in [0, 0.1) is 0 Å².